The summed E-state index contributed by atoms with van der Waals surface area (Å²) in [6, 6.07) is 5.26. The molecular formula is C30H35F4N7O7S. The van der Waals surface area contributed by atoms with Gasteiger partial charge >= 0.3 is 29.8 Å². The second kappa shape index (κ2) is 15.2. The minimum absolute atomic E-state index is 0.00926. The number of carboxylic acids is 1. The van der Waals surface area contributed by atoms with Crippen LogP contribution >= 0.6 is 11.3 Å². The van der Waals surface area contributed by atoms with Crippen molar-refractivity contribution in [1.29, 1.82) is 0 Å². The molecule has 1 unspecified atom stereocenters. The molecule has 1 aliphatic carbocycles. The SMILES string of the molecule is CC(C)(C)OC(=O)Nc1sc(-c2ccccc2F)nc1C(=O)O.O=C(NC1CCCN(c2c([N+](=O)[O-])cnn2CC2CC2)CC1)C(F)(F)F. The molecule has 3 heterocycles. The standard InChI is InChI=1S/C15H20F3N5O3.C15H15FN2O4S/c16-15(17,18)14(24)20-11-2-1-6-21(7-5-11)13-12(23(25)26)8-19-22(13)9-10-3-4-10;1-15(2,3)22-14(21)18-12-10(13(19)20)17-11(23-12)8-6-4-5-7-9(8)16/h8,10-11H,1-7,9H2,(H,20,24);4-7H,1-3H3,(H,18,21)(H,19,20). The van der Waals surface area contributed by atoms with Crippen LogP contribution in [0.15, 0.2) is 30.5 Å². The largest absolute Gasteiger partial charge is 0.476 e. The van der Waals surface area contributed by atoms with Gasteiger partial charge in [0.25, 0.3) is 0 Å². The number of thiazole rings is 1. The van der Waals surface area contributed by atoms with Gasteiger partial charge in [-0.3, -0.25) is 20.2 Å². The number of nitrogens with one attached hydrogen (secondary N) is 2. The van der Waals surface area contributed by atoms with Crippen molar-refractivity contribution in [3.63, 3.8) is 0 Å². The molecule has 1 aliphatic heterocycles. The molecule has 1 aromatic carbocycles. The minimum atomic E-state index is -4.91. The fraction of sp³-hybridized carbons (Fsp3) is 0.500. The van der Waals surface area contributed by atoms with Crippen LogP contribution in [0.5, 0.6) is 0 Å². The van der Waals surface area contributed by atoms with Crippen LogP contribution in [0.1, 0.15) is 63.4 Å². The molecule has 0 radical (unpaired) electrons. The molecule has 266 valence electrons. The maximum atomic E-state index is 13.8. The lowest BCUT2D eigenvalue weighted by molar-refractivity contribution is -0.384. The molecule has 2 fully saturated rings. The van der Waals surface area contributed by atoms with Gasteiger partial charge < -0.3 is 20.1 Å². The number of nitrogens with zero attached hydrogens (tertiary/aromatic N) is 5. The number of anilines is 2. The minimum Gasteiger partial charge on any atom is -0.476 e. The summed E-state index contributed by atoms with van der Waals surface area (Å²) in [6.45, 7) is 6.44. The predicted octanol–water partition coefficient (Wildman–Crippen LogP) is 6.23. The summed E-state index contributed by atoms with van der Waals surface area (Å²) in [6.07, 6.45) is -1.15. The van der Waals surface area contributed by atoms with E-state index in [0.717, 1.165) is 24.2 Å². The number of hydrogen-bond donors (Lipinski definition) is 3. The van der Waals surface area contributed by atoms with Crippen molar-refractivity contribution < 1.29 is 46.7 Å². The average Bonchev–Trinajstić information content (AvgIpc) is 3.63. The molecule has 2 amide bonds. The molecule has 5 rings (SSSR count). The van der Waals surface area contributed by atoms with E-state index in [-0.39, 0.29) is 33.4 Å². The van der Waals surface area contributed by atoms with E-state index in [9.17, 15) is 47.2 Å². The molecule has 2 aromatic heterocycles. The van der Waals surface area contributed by atoms with Gasteiger partial charge in [0.05, 0.1) is 4.92 Å². The fourth-order valence-corrected chi connectivity index (χ4v) is 5.89. The summed E-state index contributed by atoms with van der Waals surface area (Å²) < 4.78 is 57.8. The number of hydrogen-bond acceptors (Lipinski definition) is 10. The number of halogens is 4. The number of rotatable bonds is 8. The Morgan fingerprint density at radius 3 is 2.41 bits per heavy atom. The number of carbonyl (C=O) groups is 3. The quantitative estimate of drug-likeness (QED) is 0.137. The molecule has 1 atom stereocenters. The van der Waals surface area contributed by atoms with Gasteiger partial charge in [0.2, 0.25) is 5.82 Å². The Labute approximate surface area is 281 Å². The normalized spacial score (nSPS) is 16.6. The lowest BCUT2D eigenvalue weighted by Crippen LogP contribution is -2.43. The molecule has 0 bridgehead atoms. The highest BCUT2D eigenvalue weighted by molar-refractivity contribution is 7.19. The zero-order valence-corrected chi connectivity index (χ0v) is 27.6. The Morgan fingerprint density at radius 2 is 1.82 bits per heavy atom. The molecular weight excluding hydrogens is 678 g/mol. The zero-order valence-electron chi connectivity index (χ0n) is 26.8. The number of carboxylic acid groups (broad SMARTS) is 1. The zero-order chi connectivity index (χ0) is 36.1. The van der Waals surface area contributed by atoms with E-state index in [4.69, 9.17) is 4.74 Å². The van der Waals surface area contributed by atoms with E-state index < -0.39 is 46.5 Å². The van der Waals surface area contributed by atoms with Crippen LogP contribution in [0.25, 0.3) is 10.6 Å². The summed E-state index contributed by atoms with van der Waals surface area (Å²) in [7, 11) is 0. The van der Waals surface area contributed by atoms with E-state index in [2.05, 4.69) is 15.4 Å². The number of benzene rings is 1. The van der Waals surface area contributed by atoms with Crippen molar-refractivity contribution in [3.8, 4) is 10.6 Å². The Hall–Kier alpha value is -4.81. The van der Waals surface area contributed by atoms with E-state index >= 15 is 0 Å². The second-order valence-electron chi connectivity index (χ2n) is 12.4. The highest BCUT2D eigenvalue weighted by Gasteiger charge is 2.40. The van der Waals surface area contributed by atoms with E-state index in [1.54, 1.807) is 36.4 Å². The molecule has 2 aliphatic rings. The Kier molecular flexibility index (Phi) is 11.5. The van der Waals surface area contributed by atoms with Crippen molar-refractivity contribution in [1.82, 2.24) is 20.1 Å². The number of amides is 2. The van der Waals surface area contributed by atoms with E-state index in [1.807, 2.05) is 5.32 Å². The fourth-order valence-electron chi connectivity index (χ4n) is 4.92. The first-order valence-electron chi connectivity index (χ1n) is 15.2. The van der Waals surface area contributed by atoms with Gasteiger partial charge in [0.1, 0.15) is 27.6 Å². The van der Waals surface area contributed by atoms with Gasteiger partial charge in [-0.05, 0) is 70.9 Å². The third kappa shape index (κ3) is 10.3. The van der Waals surface area contributed by atoms with E-state index in [0.29, 0.717) is 44.2 Å². The second-order valence-corrected chi connectivity index (χ2v) is 13.4. The van der Waals surface area contributed by atoms with Crippen LogP contribution < -0.4 is 15.5 Å². The number of aromatic nitrogens is 3. The van der Waals surface area contributed by atoms with Gasteiger partial charge in [0.15, 0.2) is 5.69 Å². The highest BCUT2D eigenvalue weighted by Crippen LogP contribution is 2.36. The van der Waals surface area contributed by atoms with Crippen LogP contribution in [0.2, 0.25) is 0 Å². The average molecular weight is 714 g/mol. The number of carbonyl (C=O) groups excluding carboxylic acids is 2. The number of nitro groups is 1. The number of alkyl halides is 3. The molecule has 3 aromatic rings. The first-order chi connectivity index (χ1) is 22.9. The van der Waals surface area contributed by atoms with Crippen LogP contribution in [0, 0.1) is 21.8 Å². The molecule has 3 N–H and O–H groups in total. The van der Waals surface area contributed by atoms with Crippen LogP contribution in [-0.4, -0.2) is 73.7 Å². The molecule has 0 spiro atoms. The summed E-state index contributed by atoms with van der Waals surface area (Å²) >= 11 is 0.866. The monoisotopic (exact) mass is 713 g/mol. The summed E-state index contributed by atoms with van der Waals surface area (Å²) in [5.41, 5.74) is -1.02. The number of aromatic carboxylic acids is 1. The van der Waals surface area contributed by atoms with Gasteiger partial charge in [0, 0.05) is 31.2 Å². The van der Waals surface area contributed by atoms with Crippen molar-refractivity contribution in [3.05, 3.63) is 52.1 Å². The van der Waals surface area contributed by atoms with Crippen LogP contribution in [0.3, 0.4) is 0 Å². The predicted molar refractivity (Wildman–Crippen MR) is 170 cm³/mol. The maximum absolute atomic E-state index is 13.8. The van der Waals surface area contributed by atoms with Crippen molar-refractivity contribution in [2.75, 3.05) is 23.3 Å². The Morgan fingerprint density at radius 1 is 1.12 bits per heavy atom. The third-order valence-corrected chi connectivity index (χ3v) is 8.29. The Balaban J connectivity index is 0.000000223. The lowest BCUT2D eigenvalue weighted by atomic mass is 10.1. The molecule has 19 heteroatoms. The summed E-state index contributed by atoms with van der Waals surface area (Å²) in [4.78, 5) is 50.7. The first kappa shape index (κ1) is 37.0. The van der Waals surface area contributed by atoms with Gasteiger partial charge in [-0.25, -0.2) is 23.6 Å². The Bertz CT molecular complexity index is 1690. The van der Waals surface area contributed by atoms with Crippen molar-refractivity contribution in [2.45, 2.75) is 77.2 Å². The van der Waals surface area contributed by atoms with Gasteiger partial charge in [-0.2, -0.15) is 18.3 Å². The van der Waals surface area contributed by atoms with Crippen molar-refractivity contribution in [2.24, 2.45) is 5.92 Å². The van der Waals surface area contributed by atoms with Gasteiger partial charge in [-0.15, -0.1) is 0 Å². The smallest absolute Gasteiger partial charge is 0.471 e. The molecule has 1 saturated carbocycles. The lowest BCUT2D eigenvalue weighted by Gasteiger charge is -2.23. The topological polar surface area (TPSA) is 182 Å². The van der Waals surface area contributed by atoms with Crippen LogP contribution in [-0.2, 0) is 16.1 Å². The summed E-state index contributed by atoms with van der Waals surface area (Å²) in [5.74, 6) is -2.92. The molecule has 14 nitrogen and oxygen atoms in total. The van der Waals surface area contributed by atoms with Gasteiger partial charge in [-0.1, -0.05) is 23.5 Å². The molecule has 1 saturated heterocycles. The van der Waals surface area contributed by atoms with Crippen LogP contribution in [0.4, 0.5) is 38.9 Å². The third-order valence-electron chi connectivity index (χ3n) is 7.29. The molecule has 49 heavy (non-hydrogen) atoms. The first-order valence-corrected chi connectivity index (χ1v) is 16.1. The van der Waals surface area contributed by atoms with E-state index in [1.165, 1.54) is 24.4 Å². The summed E-state index contributed by atoms with van der Waals surface area (Å²) in [5, 5.41) is 29.2. The highest BCUT2D eigenvalue weighted by atomic mass is 32.1. The number of ether oxygens (including phenoxy) is 1. The maximum Gasteiger partial charge on any atom is 0.471 e. The van der Waals surface area contributed by atoms with Crippen molar-refractivity contribution >= 4 is 45.8 Å².